The number of halogens is 4. The molecule has 0 aromatic heterocycles. The van der Waals surface area contributed by atoms with Crippen molar-refractivity contribution in [2.24, 2.45) is 0 Å². The van der Waals surface area contributed by atoms with E-state index in [1.54, 1.807) is 12.1 Å². The molecule has 0 fully saturated rings. The third-order valence-electron chi connectivity index (χ3n) is 1.21. The Kier molecular flexibility index (Phi) is 4.52. The van der Waals surface area contributed by atoms with E-state index < -0.39 is 5.24 Å². The van der Waals surface area contributed by atoms with Crippen LogP contribution < -0.4 is 0 Å². The molecule has 0 radical (unpaired) electrons. The predicted octanol–water partition coefficient (Wildman–Crippen LogP) is 3.88. The Morgan fingerprint density at radius 1 is 1.17 bits per heavy atom. The normalized spacial score (nSPS) is 10.0. The summed E-state index contributed by atoms with van der Waals surface area (Å²) in [4.78, 5) is 10.8. The number of hydrogen-bond acceptors (Lipinski definition) is 1. The summed E-state index contributed by atoms with van der Waals surface area (Å²) in [6, 6.07) is 3.58. The summed E-state index contributed by atoms with van der Waals surface area (Å²) < 4.78 is 3.28. The molecule has 0 spiro atoms. The van der Waals surface area contributed by atoms with Crippen LogP contribution in [-0.2, 0) is 0 Å². The monoisotopic (exact) mass is 518 g/mol. The van der Waals surface area contributed by atoms with E-state index in [2.05, 4.69) is 67.8 Å². The molecule has 1 aromatic carbocycles. The van der Waals surface area contributed by atoms with Gasteiger partial charge in [-0.3, -0.25) is 4.79 Å². The highest BCUT2D eigenvalue weighted by Crippen LogP contribution is 2.23. The van der Waals surface area contributed by atoms with Gasteiger partial charge in [-0.15, -0.1) is 0 Å². The first-order valence-corrected chi connectivity index (χ1v) is 6.48. The molecule has 1 rings (SSSR count). The van der Waals surface area contributed by atoms with Gasteiger partial charge in [0.25, 0.3) is 5.24 Å². The molecule has 0 aliphatic rings. The summed E-state index contributed by atoms with van der Waals surface area (Å²) >= 11 is 12.0. The first-order valence-electron chi connectivity index (χ1n) is 2.86. The zero-order valence-corrected chi connectivity index (χ0v) is 12.8. The second-order valence-corrected chi connectivity index (χ2v) is 5.77. The standard InChI is InChI=1S/C7H2ClI3O/c8-7(12)3-1-4(9)6(11)5(10)2-3/h1-2H. The SMILES string of the molecule is O=C(Cl)c1cc(I)c(I)c(I)c1. The van der Waals surface area contributed by atoms with Gasteiger partial charge in [-0.2, -0.15) is 0 Å². The Labute approximate surface area is 116 Å². The van der Waals surface area contributed by atoms with Crippen LogP contribution in [0.2, 0.25) is 0 Å². The first-order chi connectivity index (χ1) is 5.52. The quantitative estimate of drug-likeness (QED) is 0.314. The summed E-state index contributed by atoms with van der Waals surface area (Å²) in [5, 5.41) is -0.401. The van der Waals surface area contributed by atoms with Gasteiger partial charge >= 0.3 is 0 Å². The largest absolute Gasteiger partial charge is 0.276 e. The van der Waals surface area contributed by atoms with Crippen molar-refractivity contribution in [1.29, 1.82) is 0 Å². The minimum atomic E-state index is -0.401. The minimum absolute atomic E-state index is 0.401. The van der Waals surface area contributed by atoms with Gasteiger partial charge in [0.05, 0.1) is 0 Å². The fourth-order valence-corrected chi connectivity index (χ4v) is 2.86. The molecule has 0 bridgehead atoms. The summed E-state index contributed by atoms with van der Waals surface area (Å²) in [5.74, 6) is 0. The van der Waals surface area contributed by atoms with Crippen LogP contribution in [0.3, 0.4) is 0 Å². The Morgan fingerprint density at radius 2 is 1.58 bits per heavy atom. The minimum Gasteiger partial charge on any atom is -0.276 e. The Bertz CT molecular complexity index is 314. The lowest BCUT2D eigenvalue weighted by Crippen LogP contribution is -1.94. The van der Waals surface area contributed by atoms with Crippen LogP contribution in [0.15, 0.2) is 12.1 Å². The Morgan fingerprint density at radius 3 is 1.92 bits per heavy atom. The van der Waals surface area contributed by atoms with Crippen LogP contribution >= 0.6 is 79.4 Å². The topological polar surface area (TPSA) is 17.1 Å². The van der Waals surface area contributed by atoms with Crippen LogP contribution in [0.25, 0.3) is 0 Å². The molecule has 0 unspecified atom stereocenters. The fourth-order valence-electron chi connectivity index (χ4n) is 0.669. The Hall–Kier alpha value is 1.37. The van der Waals surface area contributed by atoms with Crippen molar-refractivity contribution < 1.29 is 4.79 Å². The highest BCUT2D eigenvalue weighted by atomic mass is 127. The second-order valence-electron chi connectivity index (χ2n) is 2.03. The molecule has 64 valence electrons. The van der Waals surface area contributed by atoms with E-state index >= 15 is 0 Å². The molecule has 12 heavy (non-hydrogen) atoms. The lowest BCUT2D eigenvalue weighted by molar-refractivity contribution is 0.108. The summed E-state index contributed by atoms with van der Waals surface area (Å²) in [6.45, 7) is 0. The molecule has 0 saturated carbocycles. The van der Waals surface area contributed by atoms with E-state index in [9.17, 15) is 4.79 Å². The van der Waals surface area contributed by atoms with Crippen molar-refractivity contribution in [3.8, 4) is 0 Å². The van der Waals surface area contributed by atoms with Crippen molar-refractivity contribution >= 4 is 84.6 Å². The van der Waals surface area contributed by atoms with Crippen molar-refractivity contribution in [2.75, 3.05) is 0 Å². The molecular formula is C7H2ClI3O. The zero-order chi connectivity index (χ0) is 9.30. The lowest BCUT2D eigenvalue weighted by atomic mass is 10.2. The number of rotatable bonds is 1. The average molecular weight is 518 g/mol. The van der Waals surface area contributed by atoms with Crippen molar-refractivity contribution in [2.45, 2.75) is 0 Å². The van der Waals surface area contributed by atoms with Crippen LogP contribution in [0.4, 0.5) is 0 Å². The van der Waals surface area contributed by atoms with Gasteiger partial charge in [0, 0.05) is 16.3 Å². The van der Waals surface area contributed by atoms with E-state index in [1.807, 2.05) is 0 Å². The maximum atomic E-state index is 10.8. The maximum Gasteiger partial charge on any atom is 0.252 e. The van der Waals surface area contributed by atoms with E-state index in [-0.39, 0.29) is 0 Å². The van der Waals surface area contributed by atoms with E-state index in [0.29, 0.717) is 5.56 Å². The fraction of sp³-hybridized carbons (Fsp3) is 0. The molecule has 0 heterocycles. The third-order valence-corrected chi connectivity index (χ3v) is 6.36. The van der Waals surface area contributed by atoms with Crippen molar-refractivity contribution in [3.63, 3.8) is 0 Å². The maximum absolute atomic E-state index is 10.8. The molecule has 0 atom stereocenters. The summed E-state index contributed by atoms with van der Waals surface area (Å²) in [5.41, 5.74) is 0.561. The zero-order valence-electron chi connectivity index (χ0n) is 5.57. The van der Waals surface area contributed by atoms with Crippen LogP contribution in [-0.4, -0.2) is 5.24 Å². The van der Waals surface area contributed by atoms with Gasteiger partial charge in [-0.05, 0) is 91.5 Å². The van der Waals surface area contributed by atoms with Gasteiger partial charge in [-0.25, -0.2) is 0 Å². The molecular weight excluding hydrogens is 516 g/mol. The number of hydrogen-bond donors (Lipinski definition) is 0. The molecule has 0 saturated heterocycles. The molecule has 1 nitrogen and oxygen atoms in total. The van der Waals surface area contributed by atoms with Gasteiger partial charge in [-0.1, -0.05) is 0 Å². The summed E-state index contributed by atoms with van der Waals surface area (Å²) in [7, 11) is 0. The first kappa shape index (κ1) is 11.4. The van der Waals surface area contributed by atoms with Gasteiger partial charge in [0.2, 0.25) is 0 Å². The number of carbonyl (C=O) groups is 1. The molecule has 0 aliphatic carbocycles. The third kappa shape index (κ3) is 2.68. The van der Waals surface area contributed by atoms with E-state index in [1.165, 1.54) is 0 Å². The smallest absolute Gasteiger partial charge is 0.252 e. The molecule has 0 amide bonds. The highest BCUT2D eigenvalue weighted by Gasteiger charge is 2.08. The van der Waals surface area contributed by atoms with Gasteiger partial charge < -0.3 is 0 Å². The molecule has 0 aliphatic heterocycles. The highest BCUT2D eigenvalue weighted by molar-refractivity contribution is 14.1. The van der Waals surface area contributed by atoms with Gasteiger partial charge in [0.1, 0.15) is 0 Å². The lowest BCUT2D eigenvalue weighted by Gasteiger charge is -2.01. The number of benzene rings is 1. The van der Waals surface area contributed by atoms with Gasteiger partial charge in [0.15, 0.2) is 0 Å². The average Bonchev–Trinajstić information content (AvgIpc) is 1.99. The van der Waals surface area contributed by atoms with Crippen LogP contribution in [0.1, 0.15) is 10.4 Å². The van der Waals surface area contributed by atoms with E-state index in [0.717, 1.165) is 10.7 Å². The van der Waals surface area contributed by atoms with Crippen molar-refractivity contribution in [1.82, 2.24) is 0 Å². The van der Waals surface area contributed by atoms with Crippen molar-refractivity contribution in [3.05, 3.63) is 28.4 Å². The van der Waals surface area contributed by atoms with E-state index in [4.69, 9.17) is 11.6 Å². The van der Waals surface area contributed by atoms with Crippen LogP contribution in [0, 0.1) is 10.7 Å². The second kappa shape index (κ2) is 4.74. The Balaban J connectivity index is 3.31. The molecule has 1 aromatic rings. The predicted molar refractivity (Wildman–Crippen MR) is 74.8 cm³/mol. The molecule has 0 N–H and O–H groups in total. The number of carbonyl (C=O) groups excluding carboxylic acids is 1. The molecule has 5 heteroatoms. The van der Waals surface area contributed by atoms with Crippen LogP contribution in [0.5, 0.6) is 0 Å². The summed E-state index contributed by atoms with van der Waals surface area (Å²) in [6.07, 6.45) is 0.